The predicted molar refractivity (Wildman–Crippen MR) is 76.0 cm³/mol. The molecule has 0 saturated heterocycles. The molecule has 1 rings (SSSR count). The molecule has 0 aliphatic carbocycles. The standard InChI is InChI=1S/C14H18ClNO4/c1-9(20-11-8-6-5-7-10(11)15)12(17)16(4)14(2,3)13(18)19/h5-9H,1-4H3,(H,18,19). The number of hydrogen-bond donors (Lipinski definition) is 1. The van der Waals surface area contributed by atoms with Crippen molar-refractivity contribution >= 4 is 23.5 Å². The van der Waals surface area contributed by atoms with Crippen molar-refractivity contribution in [1.82, 2.24) is 4.90 Å². The van der Waals surface area contributed by atoms with E-state index < -0.39 is 23.5 Å². The SMILES string of the molecule is CC(Oc1ccccc1Cl)C(=O)N(C)C(C)(C)C(=O)O. The molecule has 110 valence electrons. The zero-order valence-corrected chi connectivity index (χ0v) is 12.6. The van der Waals surface area contributed by atoms with Crippen molar-refractivity contribution in [3.63, 3.8) is 0 Å². The molecule has 0 heterocycles. The van der Waals surface area contributed by atoms with Crippen molar-refractivity contribution < 1.29 is 19.4 Å². The number of nitrogens with zero attached hydrogens (tertiary/aromatic N) is 1. The van der Waals surface area contributed by atoms with E-state index in [4.69, 9.17) is 21.4 Å². The van der Waals surface area contributed by atoms with Crippen molar-refractivity contribution in [2.24, 2.45) is 0 Å². The van der Waals surface area contributed by atoms with Crippen LogP contribution in [0.15, 0.2) is 24.3 Å². The second-order valence-corrected chi connectivity index (χ2v) is 5.36. The largest absolute Gasteiger partial charge is 0.480 e. The van der Waals surface area contributed by atoms with Gasteiger partial charge in [-0.3, -0.25) is 4.79 Å². The Morgan fingerprint density at radius 1 is 1.35 bits per heavy atom. The summed E-state index contributed by atoms with van der Waals surface area (Å²) in [4.78, 5) is 24.5. The Labute approximate surface area is 123 Å². The molecule has 0 aromatic heterocycles. The predicted octanol–water partition coefficient (Wildman–Crippen LogP) is 2.43. The van der Waals surface area contributed by atoms with Gasteiger partial charge in [0.15, 0.2) is 6.10 Å². The normalized spacial score (nSPS) is 12.7. The van der Waals surface area contributed by atoms with Crippen LogP contribution in [0, 0.1) is 0 Å². The Bertz CT molecular complexity index is 516. The van der Waals surface area contributed by atoms with Crippen molar-refractivity contribution in [3.05, 3.63) is 29.3 Å². The molecule has 1 unspecified atom stereocenters. The minimum Gasteiger partial charge on any atom is -0.480 e. The van der Waals surface area contributed by atoms with Gasteiger partial charge in [-0.2, -0.15) is 0 Å². The summed E-state index contributed by atoms with van der Waals surface area (Å²) >= 11 is 5.95. The molecule has 0 spiro atoms. The van der Waals surface area contributed by atoms with Crippen LogP contribution in [0.3, 0.4) is 0 Å². The van der Waals surface area contributed by atoms with Gasteiger partial charge in [-0.1, -0.05) is 23.7 Å². The second kappa shape index (κ2) is 6.13. The van der Waals surface area contributed by atoms with Crippen LogP contribution in [0.4, 0.5) is 0 Å². The maximum Gasteiger partial charge on any atom is 0.329 e. The van der Waals surface area contributed by atoms with Crippen LogP contribution in [0.1, 0.15) is 20.8 Å². The summed E-state index contributed by atoms with van der Waals surface area (Å²) in [5, 5.41) is 9.52. The second-order valence-electron chi connectivity index (χ2n) is 4.95. The van der Waals surface area contributed by atoms with E-state index in [1.165, 1.54) is 20.9 Å². The van der Waals surface area contributed by atoms with E-state index in [0.717, 1.165) is 4.90 Å². The molecular weight excluding hydrogens is 282 g/mol. The van der Waals surface area contributed by atoms with E-state index in [-0.39, 0.29) is 0 Å². The number of ether oxygens (including phenoxy) is 1. The molecule has 1 amide bonds. The number of para-hydroxylation sites is 1. The number of hydrogen-bond acceptors (Lipinski definition) is 3. The van der Waals surface area contributed by atoms with Gasteiger partial charge < -0.3 is 14.7 Å². The molecule has 6 heteroatoms. The van der Waals surface area contributed by atoms with Gasteiger partial charge in [-0.15, -0.1) is 0 Å². The molecule has 0 fully saturated rings. The molecular formula is C14H18ClNO4. The maximum atomic E-state index is 12.2. The average Bonchev–Trinajstić information content (AvgIpc) is 2.39. The Kier molecular flexibility index (Phi) is 5.00. The molecule has 0 bridgehead atoms. The monoisotopic (exact) mass is 299 g/mol. The minimum absolute atomic E-state index is 0.386. The molecule has 0 saturated carbocycles. The van der Waals surface area contributed by atoms with Gasteiger partial charge in [0.1, 0.15) is 11.3 Å². The van der Waals surface area contributed by atoms with Crippen molar-refractivity contribution in [1.29, 1.82) is 0 Å². The summed E-state index contributed by atoms with van der Waals surface area (Å²) < 4.78 is 5.49. The first-order chi connectivity index (χ1) is 9.17. The molecule has 5 nitrogen and oxygen atoms in total. The first-order valence-electron chi connectivity index (χ1n) is 6.10. The zero-order valence-electron chi connectivity index (χ0n) is 11.9. The summed E-state index contributed by atoms with van der Waals surface area (Å²) in [5.41, 5.74) is -1.31. The number of rotatable bonds is 5. The number of halogens is 1. The van der Waals surface area contributed by atoms with Crippen molar-refractivity contribution in [3.8, 4) is 5.75 Å². The Hall–Kier alpha value is -1.75. The average molecular weight is 300 g/mol. The fraction of sp³-hybridized carbons (Fsp3) is 0.429. The number of likely N-dealkylation sites (N-methyl/N-ethyl adjacent to an activating group) is 1. The van der Waals surface area contributed by atoms with E-state index in [0.29, 0.717) is 10.8 Å². The highest BCUT2D eigenvalue weighted by Crippen LogP contribution is 2.25. The van der Waals surface area contributed by atoms with Gasteiger partial charge in [-0.05, 0) is 32.9 Å². The minimum atomic E-state index is -1.31. The van der Waals surface area contributed by atoms with Gasteiger partial charge in [0, 0.05) is 7.05 Å². The summed E-state index contributed by atoms with van der Waals surface area (Å²) in [6.07, 6.45) is -0.835. The van der Waals surface area contributed by atoms with Crippen LogP contribution in [0.5, 0.6) is 5.75 Å². The highest BCUT2D eigenvalue weighted by molar-refractivity contribution is 6.32. The smallest absolute Gasteiger partial charge is 0.329 e. The molecule has 0 aliphatic heterocycles. The van der Waals surface area contributed by atoms with Gasteiger partial charge in [0.25, 0.3) is 5.91 Å². The van der Waals surface area contributed by atoms with Crippen LogP contribution >= 0.6 is 11.6 Å². The van der Waals surface area contributed by atoms with Crippen molar-refractivity contribution in [2.75, 3.05) is 7.05 Å². The molecule has 0 aliphatic rings. The number of benzene rings is 1. The highest BCUT2D eigenvalue weighted by atomic mass is 35.5. The Morgan fingerprint density at radius 2 is 1.90 bits per heavy atom. The van der Waals surface area contributed by atoms with Gasteiger partial charge in [-0.25, -0.2) is 4.79 Å². The summed E-state index contributed by atoms with van der Waals surface area (Å²) in [7, 11) is 1.43. The highest BCUT2D eigenvalue weighted by Gasteiger charge is 2.37. The summed E-state index contributed by atoms with van der Waals surface area (Å²) in [6, 6.07) is 6.79. The Morgan fingerprint density at radius 3 is 2.40 bits per heavy atom. The fourth-order valence-corrected chi connectivity index (χ4v) is 1.65. The summed E-state index contributed by atoms with van der Waals surface area (Å²) in [6.45, 7) is 4.46. The van der Waals surface area contributed by atoms with E-state index in [1.54, 1.807) is 31.2 Å². The summed E-state index contributed by atoms with van der Waals surface area (Å²) in [5.74, 6) is -1.13. The third-order valence-corrected chi connectivity index (χ3v) is 3.49. The van der Waals surface area contributed by atoms with E-state index in [1.807, 2.05) is 0 Å². The number of carbonyl (C=O) groups excluding carboxylic acids is 1. The number of carboxylic acid groups (broad SMARTS) is 1. The lowest BCUT2D eigenvalue weighted by Gasteiger charge is -2.33. The molecule has 20 heavy (non-hydrogen) atoms. The number of carboxylic acids is 1. The van der Waals surface area contributed by atoms with Gasteiger partial charge >= 0.3 is 5.97 Å². The topological polar surface area (TPSA) is 66.8 Å². The molecule has 1 aromatic rings. The third kappa shape index (κ3) is 3.42. The maximum absolute atomic E-state index is 12.2. The van der Waals surface area contributed by atoms with Crippen molar-refractivity contribution in [2.45, 2.75) is 32.4 Å². The quantitative estimate of drug-likeness (QED) is 0.907. The lowest BCUT2D eigenvalue weighted by atomic mass is 10.0. The zero-order chi connectivity index (χ0) is 15.5. The van der Waals surface area contributed by atoms with Gasteiger partial charge in [0.05, 0.1) is 5.02 Å². The number of carbonyl (C=O) groups is 2. The van der Waals surface area contributed by atoms with E-state index >= 15 is 0 Å². The molecule has 1 aromatic carbocycles. The fourth-order valence-electron chi connectivity index (χ4n) is 1.47. The Balaban J connectivity index is 2.83. The molecule has 0 radical (unpaired) electrons. The number of aliphatic carboxylic acids is 1. The van der Waals surface area contributed by atoms with Crippen LogP contribution in [0.25, 0.3) is 0 Å². The number of amides is 1. The lowest BCUT2D eigenvalue weighted by Crippen LogP contribution is -2.54. The van der Waals surface area contributed by atoms with Gasteiger partial charge in [0.2, 0.25) is 0 Å². The first kappa shape index (κ1) is 16.3. The third-order valence-electron chi connectivity index (χ3n) is 3.18. The lowest BCUT2D eigenvalue weighted by molar-refractivity contribution is -0.157. The van der Waals surface area contributed by atoms with Crippen LogP contribution in [-0.2, 0) is 9.59 Å². The van der Waals surface area contributed by atoms with E-state index in [9.17, 15) is 9.59 Å². The van der Waals surface area contributed by atoms with Crippen LogP contribution in [0.2, 0.25) is 5.02 Å². The van der Waals surface area contributed by atoms with E-state index in [2.05, 4.69) is 0 Å². The van der Waals surface area contributed by atoms with Crippen LogP contribution in [-0.4, -0.2) is 40.6 Å². The first-order valence-corrected chi connectivity index (χ1v) is 6.48. The van der Waals surface area contributed by atoms with Crippen LogP contribution < -0.4 is 4.74 Å². The molecule has 1 N–H and O–H groups in total. The molecule has 1 atom stereocenters.